The standard InChI is InChI=1S/C57H57NO/c1-54(2)24-25-55(3,4)49-34-42(21-23-46(49)54)58(41-20-22-44-43-16-10-11-17-45(43)56(5,6)48(44)33-41)51-32-38(37-14-8-7-9-15-37)31-50-53(51)59-52-19-13-12-18-47(52)57(50)39-27-35-26-36(29-39)30-40(57)28-35/h7-23,31-36,39-40H,24-30H2,1-6H3. The molecular formula is C57H57NO. The molecule has 2 heteroatoms. The Bertz CT molecular complexity index is 2670. The monoisotopic (exact) mass is 771 g/mol. The highest BCUT2D eigenvalue weighted by atomic mass is 16.5. The minimum atomic E-state index is -0.124. The molecule has 7 aliphatic rings. The van der Waals surface area contributed by atoms with Crippen LogP contribution in [0.2, 0.25) is 0 Å². The lowest BCUT2D eigenvalue weighted by Crippen LogP contribution is -2.57. The van der Waals surface area contributed by atoms with E-state index in [2.05, 4.69) is 174 Å². The van der Waals surface area contributed by atoms with Gasteiger partial charge >= 0.3 is 0 Å². The van der Waals surface area contributed by atoms with Gasteiger partial charge < -0.3 is 9.64 Å². The Labute approximate surface area is 351 Å². The number of para-hydroxylation sites is 1. The molecule has 6 aromatic rings. The van der Waals surface area contributed by atoms with E-state index in [-0.39, 0.29) is 21.7 Å². The molecule has 59 heavy (non-hydrogen) atoms. The van der Waals surface area contributed by atoms with Gasteiger partial charge in [0.2, 0.25) is 0 Å². The van der Waals surface area contributed by atoms with E-state index >= 15 is 0 Å². The molecule has 0 atom stereocenters. The van der Waals surface area contributed by atoms with Crippen LogP contribution in [0.3, 0.4) is 0 Å². The maximum atomic E-state index is 7.48. The molecule has 0 N–H and O–H groups in total. The summed E-state index contributed by atoms with van der Waals surface area (Å²) in [5.41, 5.74) is 17.4. The number of hydrogen-bond donors (Lipinski definition) is 0. The first-order chi connectivity index (χ1) is 28.4. The van der Waals surface area contributed by atoms with Gasteiger partial charge in [-0.2, -0.15) is 0 Å². The van der Waals surface area contributed by atoms with Crippen molar-refractivity contribution in [2.24, 2.45) is 23.7 Å². The lowest BCUT2D eigenvalue weighted by molar-refractivity contribution is -0.0451. The number of fused-ring (bicyclic) bond motifs is 6. The molecule has 4 fully saturated rings. The highest BCUT2D eigenvalue weighted by molar-refractivity contribution is 5.90. The van der Waals surface area contributed by atoms with Gasteiger partial charge in [0, 0.05) is 33.3 Å². The van der Waals surface area contributed by atoms with Crippen molar-refractivity contribution in [3.63, 3.8) is 0 Å². The predicted molar refractivity (Wildman–Crippen MR) is 244 cm³/mol. The quantitative estimate of drug-likeness (QED) is 0.177. The van der Waals surface area contributed by atoms with Crippen molar-refractivity contribution < 1.29 is 4.74 Å². The lowest BCUT2D eigenvalue weighted by atomic mass is 9.41. The fraction of sp³-hybridized carbons (Fsp3) is 0.368. The third-order valence-electron chi connectivity index (χ3n) is 16.8. The van der Waals surface area contributed by atoms with Crippen LogP contribution in [0.1, 0.15) is 120 Å². The largest absolute Gasteiger partial charge is 0.455 e. The van der Waals surface area contributed by atoms with Crippen molar-refractivity contribution in [3.8, 4) is 33.8 Å². The molecule has 4 bridgehead atoms. The van der Waals surface area contributed by atoms with Gasteiger partial charge in [0.25, 0.3) is 0 Å². The van der Waals surface area contributed by atoms with Crippen LogP contribution < -0.4 is 9.64 Å². The van der Waals surface area contributed by atoms with E-state index in [9.17, 15) is 0 Å². The third-order valence-corrected chi connectivity index (χ3v) is 16.8. The Morgan fingerprint density at radius 2 is 1.07 bits per heavy atom. The summed E-state index contributed by atoms with van der Waals surface area (Å²) in [6.45, 7) is 14.6. The number of ether oxygens (including phenoxy) is 1. The molecule has 1 heterocycles. The van der Waals surface area contributed by atoms with E-state index in [0.717, 1.165) is 29.0 Å². The van der Waals surface area contributed by atoms with Crippen LogP contribution in [0.4, 0.5) is 17.1 Å². The van der Waals surface area contributed by atoms with Crippen LogP contribution in [0.15, 0.2) is 127 Å². The van der Waals surface area contributed by atoms with Crippen LogP contribution in [0.25, 0.3) is 22.3 Å². The molecule has 2 nitrogen and oxygen atoms in total. The van der Waals surface area contributed by atoms with E-state index in [1.54, 1.807) is 0 Å². The second-order valence-corrected chi connectivity index (χ2v) is 21.2. The van der Waals surface area contributed by atoms with Gasteiger partial charge in [0.15, 0.2) is 5.75 Å². The summed E-state index contributed by atoms with van der Waals surface area (Å²) in [7, 11) is 0. The minimum Gasteiger partial charge on any atom is -0.455 e. The maximum Gasteiger partial charge on any atom is 0.155 e. The Hall–Kier alpha value is -5.08. The lowest BCUT2D eigenvalue weighted by Gasteiger charge is -2.63. The summed E-state index contributed by atoms with van der Waals surface area (Å²) in [4.78, 5) is 2.60. The van der Waals surface area contributed by atoms with Gasteiger partial charge in [-0.05, 0) is 166 Å². The Morgan fingerprint density at radius 1 is 0.475 bits per heavy atom. The minimum absolute atomic E-state index is 0.0688. The summed E-state index contributed by atoms with van der Waals surface area (Å²) in [6.07, 6.45) is 9.10. The highest BCUT2D eigenvalue weighted by Crippen LogP contribution is 2.70. The molecular weight excluding hydrogens is 715 g/mol. The van der Waals surface area contributed by atoms with Crippen LogP contribution in [-0.4, -0.2) is 0 Å². The summed E-state index contributed by atoms with van der Waals surface area (Å²) in [5, 5.41) is 0. The number of nitrogens with zero attached hydrogens (tertiary/aromatic N) is 1. The Balaban J connectivity index is 1.16. The number of benzene rings is 6. The first kappa shape index (κ1) is 35.8. The molecule has 0 aromatic heterocycles. The number of rotatable bonds is 4. The smallest absolute Gasteiger partial charge is 0.155 e. The van der Waals surface area contributed by atoms with Gasteiger partial charge in [0.1, 0.15) is 5.75 Å². The second kappa shape index (κ2) is 12.2. The SMILES string of the molecule is CC1(C)CCC(C)(C)c2cc(N(c3ccc4c(c3)C(C)(C)c3ccccc3-4)c3cc(-c4ccccc4)cc4c3Oc3ccccc3C43C4CC5CC(C4)CC3C5)ccc21. The molecule has 4 saturated carbocycles. The van der Waals surface area contributed by atoms with Gasteiger partial charge in [-0.3, -0.25) is 0 Å². The van der Waals surface area contributed by atoms with Crippen molar-refractivity contribution in [1.82, 2.24) is 0 Å². The molecule has 0 unspecified atom stereocenters. The van der Waals surface area contributed by atoms with Crippen LogP contribution in [0, 0.1) is 23.7 Å². The number of anilines is 3. The van der Waals surface area contributed by atoms with Crippen LogP contribution >= 0.6 is 0 Å². The maximum absolute atomic E-state index is 7.48. The molecule has 1 aliphatic heterocycles. The van der Waals surface area contributed by atoms with E-state index in [4.69, 9.17) is 4.74 Å². The normalized spacial score (nSPS) is 26.6. The molecule has 0 radical (unpaired) electrons. The summed E-state index contributed by atoms with van der Waals surface area (Å²) in [5.74, 6) is 5.05. The second-order valence-electron chi connectivity index (χ2n) is 21.2. The Kier molecular flexibility index (Phi) is 7.44. The van der Waals surface area contributed by atoms with E-state index in [1.807, 2.05) is 0 Å². The van der Waals surface area contributed by atoms with Crippen molar-refractivity contribution in [2.75, 3.05) is 4.90 Å². The highest BCUT2D eigenvalue weighted by Gasteiger charge is 2.61. The first-order valence-corrected chi connectivity index (χ1v) is 22.6. The van der Waals surface area contributed by atoms with Crippen molar-refractivity contribution >= 4 is 17.1 Å². The van der Waals surface area contributed by atoms with Gasteiger partial charge in [-0.1, -0.05) is 126 Å². The Morgan fingerprint density at radius 3 is 1.80 bits per heavy atom. The van der Waals surface area contributed by atoms with Crippen molar-refractivity contribution in [3.05, 3.63) is 161 Å². The van der Waals surface area contributed by atoms with Crippen molar-refractivity contribution in [2.45, 2.75) is 108 Å². The molecule has 0 amide bonds. The van der Waals surface area contributed by atoms with Gasteiger partial charge in [-0.15, -0.1) is 0 Å². The zero-order valence-electron chi connectivity index (χ0n) is 35.7. The average Bonchev–Trinajstić information content (AvgIpc) is 3.46. The summed E-state index contributed by atoms with van der Waals surface area (Å²) < 4.78 is 7.48. The van der Waals surface area contributed by atoms with Crippen LogP contribution in [0.5, 0.6) is 11.5 Å². The zero-order chi connectivity index (χ0) is 40.1. The fourth-order valence-electron chi connectivity index (χ4n) is 13.9. The molecule has 13 rings (SSSR count). The average molecular weight is 772 g/mol. The van der Waals surface area contributed by atoms with Crippen LogP contribution in [-0.2, 0) is 21.7 Å². The van der Waals surface area contributed by atoms with Crippen molar-refractivity contribution in [1.29, 1.82) is 0 Å². The van der Waals surface area contributed by atoms with Gasteiger partial charge in [0.05, 0.1) is 5.69 Å². The van der Waals surface area contributed by atoms with E-state index < -0.39 is 0 Å². The zero-order valence-corrected chi connectivity index (χ0v) is 35.7. The summed E-state index contributed by atoms with van der Waals surface area (Å²) in [6, 6.07) is 49.1. The first-order valence-electron chi connectivity index (χ1n) is 22.6. The third kappa shape index (κ3) is 4.98. The molecule has 6 aromatic carbocycles. The van der Waals surface area contributed by atoms with Gasteiger partial charge in [-0.25, -0.2) is 0 Å². The molecule has 6 aliphatic carbocycles. The fourth-order valence-corrected chi connectivity index (χ4v) is 13.9. The van der Waals surface area contributed by atoms with E-state index in [1.165, 1.54) is 112 Å². The topological polar surface area (TPSA) is 12.5 Å². The number of hydrogen-bond acceptors (Lipinski definition) is 2. The van der Waals surface area contributed by atoms with E-state index in [0.29, 0.717) is 11.8 Å². The predicted octanol–water partition coefficient (Wildman–Crippen LogP) is 15.3. The molecule has 1 spiro atoms. The summed E-state index contributed by atoms with van der Waals surface area (Å²) >= 11 is 0. The molecule has 296 valence electrons. The molecule has 0 saturated heterocycles.